The predicted molar refractivity (Wildman–Crippen MR) is 125 cm³/mol. The maximum atomic E-state index is 10.9. The lowest BCUT2D eigenvalue weighted by atomic mass is 10.1. The zero-order chi connectivity index (χ0) is 24.5. The van der Waals surface area contributed by atoms with Gasteiger partial charge in [-0.1, -0.05) is 0 Å². The van der Waals surface area contributed by atoms with E-state index in [1.807, 2.05) is 6.92 Å². The topological polar surface area (TPSA) is 154 Å². The monoisotopic (exact) mass is 450 g/mol. The van der Waals surface area contributed by atoms with Gasteiger partial charge in [0.25, 0.3) is 0 Å². The van der Waals surface area contributed by atoms with Gasteiger partial charge in [-0.15, -0.1) is 0 Å². The number of hydrogen-bond donors (Lipinski definition) is 4. The molecule has 0 aromatic heterocycles. The van der Waals surface area contributed by atoms with E-state index in [0.717, 1.165) is 45.3 Å². The second-order valence-corrected chi connectivity index (χ2v) is 6.37. The number of carbonyl (C=O) groups is 2. The minimum atomic E-state index is 0.356. The SMILES string of the molecule is CO.CO.COc1cc(C=O)c(N)cc1OCCCCCOc1cc(N)c(C=O)cc1C. The van der Waals surface area contributed by atoms with Gasteiger partial charge in [0.15, 0.2) is 24.1 Å². The number of nitrogen functional groups attached to an aromatic ring is 2. The zero-order valence-electron chi connectivity index (χ0n) is 19.1. The van der Waals surface area contributed by atoms with Crippen LogP contribution < -0.4 is 25.7 Å². The Hall–Kier alpha value is -3.30. The van der Waals surface area contributed by atoms with Crippen molar-refractivity contribution in [2.75, 3.05) is 46.0 Å². The average molecular weight is 451 g/mol. The summed E-state index contributed by atoms with van der Waals surface area (Å²) in [6.07, 6.45) is 4.00. The van der Waals surface area contributed by atoms with Crippen molar-refractivity contribution >= 4 is 23.9 Å². The van der Waals surface area contributed by atoms with Gasteiger partial charge < -0.3 is 35.9 Å². The van der Waals surface area contributed by atoms with E-state index in [1.54, 1.807) is 24.3 Å². The first kappa shape index (κ1) is 28.7. The molecule has 0 fully saturated rings. The third-order valence-electron chi connectivity index (χ3n) is 4.31. The first-order valence-electron chi connectivity index (χ1n) is 9.93. The van der Waals surface area contributed by atoms with Crippen molar-refractivity contribution in [1.82, 2.24) is 0 Å². The molecular weight excluding hydrogens is 416 g/mol. The first-order chi connectivity index (χ1) is 15.5. The predicted octanol–water partition coefficient (Wildman–Crippen LogP) is 2.64. The van der Waals surface area contributed by atoms with Crippen LogP contribution in [0.15, 0.2) is 24.3 Å². The van der Waals surface area contributed by atoms with Crippen LogP contribution in [0.3, 0.4) is 0 Å². The fourth-order valence-electron chi connectivity index (χ4n) is 2.69. The summed E-state index contributed by atoms with van der Waals surface area (Å²) < 4.78 is 16.7. The van der Waals surface area contributed by atoms with Crippen LogP contribution in [0.2, 0.25) is 0 Å². The fraction of sp³-hybridized carbons (Fsp3) is 0.391. The Kier molecular flexibility index (Phi) is 14.7. The van der Waals surface area contributed by atoms with E-state index >= 15 is 0 Å². The standard InChI is InChI=1S/C21H26N2O5.2CH4O/c1-14-8-15(12-24)17(22)10-19(14)27-6-4-3-5-7-28-21-11-18(23)16(13-25)9-20(21)26-2;2*1-2/h8-13H,3-7,22-23H2,1-2H3;2*2H,1H3. The highest BCUT2D eigenvalue weighted by Gasteiger charge is 2.10. The van der Waals surface area contributed by atoms with E-state index in [1.165, 1.54) is 7.11 Å². The van der Waals surface area contributed by atoms with Gasteiger partial charge in [-0.3, -0.25) is 9.59 Å². The van der Waals surface area contributed by atoms with Crippen LogP contribution in [0, 0.1) is 6.92 Å². The number of aldehydes is 2. The summed E-state index contributed by atoms with van der Waals surface area (Å²) in [5.74, 6) is 1.68. The number of ether oxygens (including phenoxy) is 3. The Morgan fingerprint density at radius 1 is 0.750 bits per heavy atom. The van der Waals surface area contributed by atoms with Gasteiger partial charge in [-0.05, 0) is 43.9 Å². The number of aliphatic hydroxyl groups excluding tert-OH is 2. The van der Waals surface area contributed by atoms with E-state index in [0.29, 0.717) is 59.3 Å². The van der Waals surface area contributed by atoms with E-state index in [2.05, 4.69) is 0 Å². The number of anilines is 2. The second-order valence-electron chi connectivity index (χ2n) is 6.37. The number of aliphatic hydroxyl groups is 2. The largest absolute Gasteiger partial charge is 0.493 e. The summed E-state index contributed by atoms with van der Waals surface area (Å²) in [4.78, 5) is 21.8. The highest BCUT2D eigenvalue weighted by molar-refractivity contribution is 5.85. The number of methoxy groups -OCH3 is 1. The number of carbonyl (C=O) groups excluding carboxylic acids is 2. The normalized spacial score (nSPS) is 9.44. The fourth-order valence-corrected chi connectivity index (χ4v) is 2.69. The summed E-state index contributed by atoms with van der Waals surface area (Å²) in [6, 6.07) is 6.57. The number of benzene rings is 2. The van der Waals surface area contributed by atoms with Crippen molar-refractivity contribution in [3.63, 3.8) is 0 Å². The van der Waals surface area contributed by atoms with Crippen molar-refractivity contribution < 1.29 is 34.0 Å². The molecule has 0 saturated heterocycles. The Morgan fingerprint density at radius 3 is 1.72 bits per heavy atom. The maximum absolute atomic E-state index is 10.9. The molecule has 0 aliphatic carbocycles. The molecule has 32 heavy (non-hydrogen) atoms. The van der Waals surface area contributed by atoms with Crippen molar-refractivity contribution in [1.29, 1.82) is 0 Å². The highest BCUT2D eigenvalue weighted by Crippen LogP contribution is 2.31. The molecule has 0 spiro atoms. The number of aryl methyl sites for hydroxylation is 1. The van der Waals surface area contributed by atoms with Gasteiger partial charge in [0.2, 0.25) is 0 Å². The van der Waals surface area contributed by atoms with Crippen molar-refractivity contribution in [3.8, 4) is 17.2 Å². The number of nitrogens with two attached hydrogens (primary N) is 2. The summed E-state index contributed by atoms with van der Waals surface area (Å²) in [6.45, 7) is 2.92. The lowest BCUT2D eigenvalue weighted by Crippen LogP contribution is -2.04. The quantitative estimate of drug-likeness (QED) is 0.230. The molecule has 0 amide bonds. The molecule has 0 saturated carbocycles. The molecule has 2 aromatic rings. The summed E-state index contributed by atoms with van der Waals surface area (Å²) in [5, 5.41) is 14.0. The van der Waals surface area contributed by atoms with E-state index in [-0.39, 0.29) is 0 Å². The van der Waals surface area contributed by atoms with Gasteiger partial charge in [-0.25, -0.2) is 0 Å². The van der Waals surface area contributed by atoms with E-state index in [4.69, 9.17) is 35.9 Å². The molecule has 0 aliphatic heterocycles. The number of hydrogen-bond acceptors (Lipinski definition) is 9. The summed E-state index contributed by atoms with van der Waals surface area (Å²) in [7, 11) is 3.51. The highest BCUT2D eigenvalue weighted by atomic mass is 16.5. The Balaban J connectivity index is 0.00000227. The van der Waals surface area contributed by atoms with Crippen LogP contribution >= 0.6 is 0 Å². The molecule has 2 rings (SSSR count). The van der Waals surface area contributed by atoms with E-state index in [9.17, 15) is 9.59 Å². The first-order valence-corrected chi connectivity index (χ1v) is 9.93. The van der Waals surface area contributed by atoms with Crippen LogP contribution in [0.5, 0.6) is 17.2 Å². The molecule has 0 unspecified atom stereocenters. The molecule has 0 atom stereocenters. The molecular formula is C23H34N2O7. The number of rotatable bonds is 11. The lowest BCUT2D eigenvalue weighted by Gasteiger charge is -2.13. The Bertz CT molecular complexity index is 842. The summed E-state index contributed by atoms with van der Waals surface area (Å²) >= 11 is 0. The Morgan fingerprint density at radius 2 is 1.22 bits per heavy atom. The molecule has 0 radical (unpaired) electrons. The number of unbranched alkanes of at least 4 members (excludes halogenated alkanes) is 2. The van der Waals surface area contributed by atoms with Crippen LogP contribution in [0.1, 0.15) is 45.5 Å². The van der Waals surface area contributed by atoms with E-state index < -0.39 is 0 Å². The van der Waals surface area contributed by atoms with Crippen molar-refractivity contribution in [2.45, 2.75) is 26.2 Å². The second kappa shape index (κ2) is 16.4. The van der Waals surface area contributed by atoms with Crippen LogP contribution in [0.25, 0.3) is 0 Å². The molecule has 0 heterocycles. The molecule has 2 aromatic carbocycles. The average Bonchev–Trinajstić information content (AvgIpc) is 2.82. The van der Waals surface area contributed by atoms with Crippen molar-refractivity contribution in [2.24, 2.45) is 0 Å². The summed E-state index contributed by atoms with van der Waals surface area (Å²) in [5.41, 5.74) is 14.1. The maximum Gasteiger partial charge on any atom is 0.163 e. The van der Waals surface area contributed by atoms with Crippen LogP contribution in [0.4, 0.5) is 11.4 Å². The van der Waals surface area contributed by atoms with Gasteiger partial charge in [0.1, 0.15) is 5.75 Å². The minimum Gasteiger partial charge on any atom is -0.493 e. The van der Waals surface area contributed by atoms with Crippen LogP contribution in [-0.4, -0.2) is 57.3 Å². The molecule has 178 valence electrons. The third kappa shape index (κ3) is 8.83. The minimum absolute atomic E-state index is 0.356. The van der Waals surface area contributed by atoms with Crippen molar-refractivity contribution in [3.05, 3.63) is 41.0 Å². The lowest BCUT2D eigenvalue weighted by molar-refractivity contribution is 0.111. The molecule has 0 bridgehead atoms. The smallest absolute Gasteiger partial charge is 0.163 e. The molecule has 9 heteroatoms. The van der Waals surface area contributed by atoms with Gasteiger partial charge in [-0.2, -0.15) is 0 Å². The molecule has 9 nitrogen and oxygen atoms in total. The van der Waals surface area contributed by atoms with Gasteiger partial charge >= 0.3 is 0 Å². The van der Waals surface area contributed by atoms with Crippen LogP contribution in [-0.2, 0) is 0 Å². The Labute approximate surface area is 188 Å². The van der Waals surface area contributed by atoms with Gasteiger partial charge in [0.05, 0.1) is 20.3 Å². The van der Waals surface area contributed by atoms with Gasteiger partial charge in [0, 0.05) is 48.9 Å². The molecule has 6 N–H and O–H groups in total. The molecule has 0 aliphatic rings. The third-order valence-corrected chi connectivity index (χ3v) is 4.31. The zero-order valence-corrected chi connectivity index (χ0v) is 19.1.